The van der Waals surface area contributed by atoms with Crippen LogP contribution >= 0.6 is 0 Å². The fraction of sp³-hybridized carbons (Fsp3) is 0.0800. The number of nitrogens with one attached hydrogen (secondary N) is 2. The van der Waals surface area contributed by atoms with E-state index in [9.17, 15) is 23.2 Å². The van der Waals surface area contributed by atoms with Crippen LogP contribution in [0.1, 0.15) is 33.2 Å². The molecule has 0 unspecified atom stereocenters. The van der Waals surface area contributed by atoms with Crippen molar-refractivity contribution in [1.29, 1.82) is 0 Å². The molecule has 2 N–H and O–H groups in total. The Morgan fingerprint density at radius 3 is 2.00 bits per heavy atom. The third-order valence-electron chi connectivity index (χ3n) is 4.91. The van der Waals surface area contributed by atoms with E-state index in [1.165, 1.54) is 19.1 Å². The molecule has 8 heteroatoms. The highest BCUT2D eigenvalue weighted by molar-refractivity contribution is 6.32. The molecule has 0 fully saturated rings. The Hall–Kier alpha value is -4.33. The van der Waals surface area contributed by atoms with Crippen molar-refractivity contribution in [2.45, 2.75) is 13.5 Å². The topological polar surface area (TPSA) is 84.5 Å². The van der Waals surface area contributed by atoms with Gasteiger partial charge < -0.3 is 15.4 Å². The van der Waals surface area contributed by atoms with Crippen molar-refractivity contribution in [2.24, 2.45) is 0 Å². The highest BCUT2D eigenvalue weighted by Gasteiger charge is 2.29. The number of para-hydroxylation sites is 2. The molecule has 4 rings (SSSR count). The first kappa shape index (κ1) is 21.9. The number of anilines is 2. The first-order chi connectivity index (χ1) is 15.8. The molecule has 1 heterocycles. The fourth-order valence-electron chi connectivity index (χ4n) is 3.42. The zero-order valence-corrected chi connectivity index (χ0v) is 17.4. The van der Waals surface area contributed by atoms with Gasteiger partial charge in [0.2, 0.25) is 11.6 Å². The van der Waals surface area contributed by atoms with Gasteiger partial charge in [0.25, 0.3) is 0 Å². The number of carbonyl (C=O) groups excluding carboxylic acids is 3. The minimum atomic E-state index is -0.936. The Morgan fingerprint density at radius 2 is 1.39 bits per heavy atom. The largest absolute Gasteiger partial charge is 0.461 e. The summed E-state index contributed by atoms with van der Waals surface area (Å²) in [6.07, 6.45) is 0. The number of hydrogen-bond acceptors (Lipinski definition) is 6. The molecule has 0 atom stereocenters. The van der Waals surface area contributed by atoms with E-state index >= 15 is 0 Å². The number of halogens is 2. The van der Waals surface area contributed by atoms with Crippen LogP contribution in [0.3, 0.4) is 0 Å². The molecule has 0 saturated heterocycles. The Morgan fingerprint density at radius 1 is 0.788 bits per heavy atom. The van der Waals surface area contributed by atoms with Gasteiger partial charge in [0.1, 0.15) is 29.6 Å². The maximum absolute atomic E-state index is 13.8. The van der Waals surface area contributed by atoms with Crippen LogP contribution < -0.4 is 10.6 Å². The maximum Gasteiger partial charge on any atom is 0.302 e. The number of carbonyl (C=O) groups is 3. The minimum absolute atomic E-state index is 0.0483. The molecule has 1 aliphatic rings. The minimum Gasteiger partial charge on any atom is -0.461 e. The average Bonchev–Trinajstić information content (AvgIpc) is 3.21. The standard InChI is InChI=1S/C25H18F2N2O4/c1-14(30)33-13-15-5-4-6-16(9-15)23(31)22(24(32)17-10-18(26)12-19(27)11-17)25-28-20-7-2-3-8-21(20)29-25/h2-12,28-29H,13H2,1H3. The van der Waals surface area contributed by atoms with Gasteiger partial charge in [0.05, 0.1) is 11.4 Å². The molecule has 33 heavy (non-hydrogen) atoms. The Bertz CT molecular complexity index is 1270. The second kappa shape index (κ2) is 9.04. The summed E-state index contributed by atoms with van der Waals surface area (Å²) in [5.74, 6) is -3.77. The predicted octanol–water partition coefficient (Wildman–Crippen LogP) is 4.84. The quantitative estimate of drug-likeness (QED) is 0.185. The van der Waals surface area contributed by atoms with Crippen molar-refractivity contribution in [2.75, 3.05) is 10.6 Å². The van der Waals surface area contributed by atoms with Gasteiger partial charge in [-0.25, -0.2) is 8.78 Å². The van der Waals surface area contributed by atoms with Crippen LogP contribution in [-0.4, -0.2) is 17.5 Å². The van der Waals surface area contributed by atoms with Crippen LogP contribution in [0.2, 0.25) is 0 Å². The van der Waals surface area contributed by atoms with Gasteiger partial charge in [-0.1, -0.05) is 30.3 Å². The normalized spacial score (nSPS) is 11.8. The van der Waals surface area contributed by atoms with E-state index in [4.69, 9.17) is 4.74 Å². The number of esters is 1. The summed E-state index contributed by atoms with van der Waals surface area (Å²) < 4.78 is 32.6. The monoisotopic (exact) mass is 448 g/mol. The molecule has 0 bridgehead atoms. The van der Waals surface area contributed by atoms with Gasteiger partial charge in [0, 0.05) is 24.1 Å². The highest BCUT2D eigenvalue weighted by Crippen LogP contribution is 2.32. The van der Waals surface area contributed by atoms with Crippen molar-refractivity contribution in [3.05, 3.63) is 106 Å². The van der Waals surface area contributed by atoms with Gasteiger partial charge in [-0.15, -0.1) is 0 Å². The lowest BCUT2D eigenvalue weighted by Crippen LogP contribution is -2.21. The van der Waals surface area contributed by atoms with Crippen molar-refractivity contribution in [1.82, 2.24) is 0 Å². The second-order valence-electron chi connectivity index (χ2n) is 7.34. The number of fused-ring (bicyclic) bond motifs is 1. The van der Waals surface area contributed by atoms with Gasteiger partial charge in [-0.3, -0.25) is 14.4 Å². The van der Waals surface area contributed by atoms with Crippen LogP contribution in [0.25, 0.3) is 0 Å². The smallest absolute Gasteiger partial charge is 0.302 e. The fourth-order valence-corrected chi connectivity index (χ4v) is 3.42. The summed E-state index contributed by atoms with van der Waals surface area (Å²) in [6.45, 7) is 1.22. The van der Waals surface area contributed by atoms with Crippen molar-refractivity contribution in [3.63, 3.8) is 0 Å². The molecule has 3 aromatic rings. The van der Waals surface area contributed by atoms with E-state index in [0.29, 0.717) is 23.0 Å². The molecule has 0 aromatic heterocycles. The maximum atomic E-state index is 13.8. The van der Waals surface area contributed by atoms with E-state index in [-0.39, 0.29) is 29.1 Å². The SMILES string of the molecule is CC(=O)OCc1cccc(C(=O)C(C(=O)c2cc(F)cc(F)c2)=C2Nc3ccccc3N2)c1. The van der Waals surface area contributed by atoms with Crippen LogP contribution in [0.5, 0.6) is 0 Å². The number of Topliss-reactive ketones (excluding diaryl/α,β-unsaturated/α-hetero) is 2. The van der Waals surface area contributed by atoms with Gasteiger partial charge in [-0.2, -0.15) is 0 Å². The lowest BCUT2D eigenvalue weighted by atomic mass is 9.94. The molecular formula is C25H18F2N2O4. The Kier molecular flexibility index (Phi) is 5.99. The molecule has 0 spiro atoms. The van der Waals surface area contributed by atoms with Crippen LogP contribution in [0.15, 0.2) is 78.1 Å². The lowest BCUT2D eigenvalue weighted by molar-refractivity contribution is -0.142. The molecule has 0 amide bonds. The summed E-state index contributed by atoms with van der Waals surface area (Å²) >= 11 is 0. The number of rotatable bonds is 6. The van der Waals surface area contributed by atoms with Crippen LogP contribution in [-0.2, 0) is 16.1 Å². The van der Waals surface area contributed by atoms with E-state index in [1.807, 2.05) is 0 Å². The summed E-state index contributed by atoms with van der Waals surface area (Å²) in [7, 11) is 0. The lowest BCUT2D eigenvalue weighted by Gasteiger charge is -2.12. The van der Waals surface area contributed by atoms with Gasteiger partial charge in [0.15, 0.2) is 0 Å². The second-order valence-corrected chi connectivity index (χ2v) is 7.34. The molecule has 1 aliphatic heterocycles. The van der Waals surface area contributed by atoms with Crippen molar-refractivity contribution >= 4 is 28.9 Å². The predicted molar refractivity (Wildman–Crippen MR) is 118 cm³/mol. The molecule has 166 valence electrons. The third kappa shape index (κ3) is 4.79. The summed E-state index contributed by atoms with van der Waals surface area (Å²) in [4.78, 5) is 38.0. The molecule has 0 aliphatic carbocycles. The van der Waals surface area contributed by atoms with Crippen LogP contribution in [0, 0.1) is 11.6 Å². The Labute approximate surface area is 187 Å². The van der Waals surface area contributed by atoms with Crippen LogP contribution in [0.4, 0.5) is 20.2 Å². The van der Waals surface area contributed by atoms with E-state index in [1.54, 1.807) is 36.4 Å². The summed E-state index contributed by atoms with van der Waals surface area (Å²) in [5, 5.41) is 5.98. The number of ketones is 2. The van der Waals surface area contributed by atoms with Crippen molar-refractivity contribution in [3.8, 4) is 0 Å². The third-order valence-corrected chi connectivity index (χ3v) is 4.91. The summed E-state index contributed by atoms with van der Waals surface area (Å²) in [5.41, 5.74) is 1.34. The molecule has 6 nitrogen and oxygen atoms in total. The molecular weight excluding hydrogens is 430 g/mol. The van der Waals surface area contributed by atoms with E-state index in [2.05, 4.69) is 10.6 Å². The highest BCUT2D eigenvalue weighted by atomic mass is 19.1. The number of benzene rings is 3. The molecule has 3 aromatic carbocycles. The average molecular weight is 448 g/mol. The van der Waals surface area contributed by atoms with E-state index < -0.39 is 29.2 Å². The first-order valence-electron chi connectivity index (χ1n) is 9.97. The number of allylic oxidation sites excluding steroid dienone is 1. The zero-order valence-electron chi connectivity index (χ0n) is 17.4. The number of ether oxygens (including phenoxy) is 1. The van der Waals surface area contributed by atoms with Crippen molar-refractivity contribution < 1.29 is 27.9 Å². The summed E-state index contributed by atoms with van der Waals surface area (Å²) in [6, 6.07) is 15.7. The van der Waals surface area contributed by atoms with E-state index in [0.717, 1.165) is 12.1 Å². The number of hydrogen-bond donors (Lipinski definition) is 2. The van der Waals surface area contributed by atoms with Gasteiger partial charge >= 0.3 is 5.97 Å². The van der Waals surface area contributed by atoms with Gasteiger partial charge in [-0.05, 0) is 35.9 Å². The first-order valence-corrected chi connectivity index (χ1v) is 9.97. The zero-order chi connectivity index (χ0) is 23.5. The Balaban J connectivity index is 1.78. The molecule has 0 saturated carbocycles. The molecule has 0 radical (unpaired) electrons.